The Hall–Kier alpha value is -1.68. The Kier molecular flexibility index (Phi) is 5.45. The third-order valence-electron chi connectivity index (χ3n) is 2.81. The molecule has 9 nitrogen and oxygen atoms in total. The van der Waals surface area contributed by atoms with Gasteiger partial charge in [0, 0.05) is 6.92 Å². The van der Waals surface area contributed by atoms with Crippen LogP contribution in [0.15, 0.2) is 11.8 Å². The monoisotopic (exact) mass is 291 g/mol. The molecule has 0 saturated heterocycles. The lowest BCUT2D eigenvalue weighted by Gasteiger charge is -2.37. The van der Waals surface area contributed by atoms with Crippen LogP contribution in [0.5, 0.6) is 0 Å². The molecule has 0 bridgehead atoms. The molecule has 9 heteroatoms. The predicted molar refractivity (Wildman–Crippen MR) is 63.3 cm³/mol. The van der Waals surface area contributed by atoms with Crippen molar-refractivity contribution in [2.24, 2.45) is 0 Å². The molecule has 0 aromatic heterocycles. The van der Waals surface area contributed by atoms with Crippen molar-refractivity contribution in [3.63, 3.8) is 0 Å². The number of aliphatic carboxylic acids is 1. The largest absolute Gasteiger partial charge is 0.478 e. The van der Waals surface area contributed by atoms with Gasteiger partial charge in [-0.1, -0.05) is 0 Å². The van der Waals surface area contributed by atoms with E-state index in [-0.39, 0.29) is 0 Å². The fourth-order valence-corrected chi connectivity index (χ4v) is 1.85. The van der Waals surface area contributed by atoms with Crippen LogP contribution in [-0.2, 0) is 14.3 Å². The Morgan fingerprint density at radius 2 is 2.05 bits per heavy atom. The van der Waals surface area contributed by atoms with Crippen molar-refractivity contribution in [2.45, 2.75) is 37.4 Å². The second-order valence-corrected chi connectivity index (χ2v) is 4.38. The molecule has 0 fully saturated rings. The van der Waals surface area contributed by atoms with Crippen molar-refractivity contribution in [1.82, 2.24) is 5.32 Å². The minimum absolute atomic E-state index is 0.541. The smallest absolute Gasteiger partial charge is 0.370 e. The van der Waals surface area contributed by atoms with Gasteiger partial charge in [0.2, 0.25) is 11.7 Å². The van der Waals surface area contributed by atoms with Gasteiger partial charge in [-0.3, -0.25) is 4.79 Å². The van der Waals surface area contributed by atoms with E-state index in [0.717, 1.165) is 13.0 Å². The molecule has 0 spiro atoms. The molecule has 5 atom stereocenters. The van der Waals surface area contributed by atoms with Crippen LogP contribution >= 0.6 is 0 Å². The Labute approximate surface area is 114 Å². The second kappa shape index (κ2) is 6.66. The molecular weight excluding hydrogens is 274 g/mol. The molecule has 0 aromatic carbocycles. The molecule has 0 aliphatic carbocycles. The van der Waals surface area contributed by atoms with E-state index in [1.165, 1.54) is 0 Å². The highest BCUT2D eigenvalue weighted by atomic mass is 16.5. The van der Waals surface area contributed by atoms with Crippen LogP contribution in [-0.4, -0.2) is 74.5 Å². The highest BCUT2D eigenvalue weighted by Crippen LogP contribution is 2.22. The highest BCUT2D eigenvalue weighted by molar-refractivity contribution is 5.84. The summed E-state index contributed by atoms with van der Waals surface area (Å²) in [6, 6.07) is -1.16. The third-order valence-corrected chi connectivity index (χ3v) is 2.81. The van der Waals surface area contributed by atoms with Crippen LogP contribution in [0.3, 0.4) is 0 Å². The summed E-state index contributed by atoms with van der Waals surface area (Å²) in [6.07, 6.45) is -5.29. The first kappa shape index (κ1) is 16.4. The Bertz CT molecular complexity index is 409. The van der Waals surface area contributed by atoms with Crippen LogP contribution in [0.2, 0.25) is 0 Å². The van der Waals surface area contributed by atoms with Crippen molar-refractivity contribution >= 4 is 11.9 Å². The molecule has 1 aliphatic rings. The van der Waals surface area contributed by atoms with Crippen molar-refractivity contribution in [2.75, 3.05) is 6.61 Å². The van der Waals surface area contributed by atoms with E-state index >= 15 is 0 Å². The first-order chi connectivity index (χ1) is 9.27. The van der Waals surface area contributed by atoms with Gasteiger partial charge in [-0.25, -0.2) is 4.79 Å². The number of carboxylic acid groups (broad SMARTS) is 1. The molecule has 1 unspecified atom stereocenters. The quantitative estimate of drug-likeness (QED) is 0.311. The number of hydrogen-bond donors (Lipinski definition) is 6. The number of aliphatic hydroxyl groups is 4. The van der Waals surface area contributed by atoms with Crippen LogP contribution in [0.4, 0.5) is 0 Å². The molecule has 20 heavy (non-hydrogen) atoms. The topological polar surface area (TPSA) is 157 Å². The molecule has 6 N–H and O–H groups in total. The summed E-state index contributed by atoms with van der Waals surface area (Å²) in [7, 11) is 0. The zero-order chi connectivity index (χ0) is 15.4. The first-order valence-electron chi connectivity index (χ1n) is 5.81. The van der Waals surface area contributed by atoms with E-state index in [1.54, 1.807) is 0 Å². The molecule has 0 saturated carbocycles. The number of carbonyl (C=O) groups is 2. The summed E-state index contributed by atoms with van der Waals surface area (Å²) in [5.74, 6) is -2.63. The van der Waals surface area contributed by atoms with Crippen molar-refractivity contribution in [3.8, 4) is 0 Å². The van der Waals surface area contributed by atoms with Gasteiger partial charge < -0.3 is 35.6 Å². The van der Waals surface area contributed by atoms with Crippen molar-refractivity contribution in [3.05, 3.63) is 11.8 Å². The zero-order valence-corrected chi connectivity index (χ0v) is 10.6. The molecular formula is C11H17NO8. The van der Waals surface area contributed by atoms with Crippen LogP contribution < -0.4 is 5.32 Å². The summed E-state index contributed by atoms with van der Waals surface area (Å²) >= 11 is 0. The average molecular weight is 291 g/mol. The summed E-state index contributed by atoms with van der Waals surface area (Å²) in [6.45, 7) is 0.366. The fraction of sp³-hybridized carbons (Fsp3) is 0.636. The maximum Gasteiger partial charge on any atom is 0.370 e. The lowest BCUT2D eigenvalue weighted by atomic mass is 9.94. The maximum absolute atomic E-state index is 11.1. The van der Waals surface area contributed by atoms with Crippen molar-refractivity contribution in [1.29, 1.82) is 0 Å². The lowest BCUT2D eigenvalue weighted by molar-refractivity contribution is -0.149. The molecule has 0 aromatic rings. The van der Waals surface area contributed by atoms with E-state index in [2.05, 4.69) is 5.32 Å². The Balaban J connectivity index is 3.04. The number of nitrogens with one attached hydrogen (secondary N) is 1. The average Bonchev–Trinajstić information content (AvgIpc) is 2.38. The molecule has 1 aliphatic heterocycles. The number of aliphatic hydroxyl groups excluding tert-OH is 4. The molecule has 0 radical (unpaired) electrons. The maximum atomic E-state index is 11.1. The van der Waals surface area contributed by atoms with Gasteiger partial charge in [0.05, 0.1) is 12.6 Å². The minimum atomic E-state index is -1.70. The normalized spacial score (nSPS) is 28.9. The van der Waals surface area contributed by atoms with E-state index < -0.39 is 54.7 Å². The Morgan fingerprint density at radius 3 is 2.50 bits per heavy atom. The number of amides is 1. The molecule has 114 valence electrons. The van der Waals surface area contributed by atoms with Gasteiger partial charge in [0.15, 0.2) is 6.10 Å². The third kappa shape index (κ3) is 3.67. The zero-order valence-electron chi connectivity index (χ0n) is 10.6. The van der Waals surface area contributed by atoms with Crippen molar-refractivity contribution < 1.29 is 39.9 Å². The fourth-order valence-electron chi connectivity index (χ4n) is 1.85. The van der Waals surface area contributed by atoms with E-state index in [0.29, 0.717) is 0 Å². The number of ether oxygens (including phenoxy) is 1. The number of carboxylic acids is 1. The molecule has 1 amide bonds. The Morgan fingerprint density at radius 1 is 1.45 bits per heavy atom. The summed E-state index contributed by atoms with van der Waals surface area (Å²) in [4.78, 5) is 21.9. The standard InChI is InChI=1S/C11H17NO8/c1-4(14)12-8-5(15)2-7(11(18)19)20-10(8)9(17)6(16)3-13/h2,5-6,8-10,13,15-17H,3H2,1H3,(H,12,14)(H,18,19)/t5-,6+,8+,9?,10+/m0/s1. The highest BCUT2D eigenvalue weighted by Gasteiger charge is 2.42. The van der Waals surface area contributed by atoms with Crippen LogP contribution in [0, 0.1) is 0 Å². The SMILES string of the molecule is CC(=O)N[C@@H]1[C@@H](O)C=C(C(=O)O)O[C@H]1C(O)[C@H](O)CO. The van der Waals surface area contributed by atoms with Gasteiger partial charge in [-0.05, 0) is 6.08 Å². The van der Waals surface area contributed by atoms with Crippen LogP contribution in [0.1, 0.15) is 6.92 Å². The number of carbonyl (C=O) groups excluding carboxylic acids is 1. The van der Waals surface area contributed by atoms with Gasteiger partial charge in [-0.15, -0.1) is 0 Å². The van der Waals surface area contributed by atoms with Crippen LogP contribution in [0.25, 0.3) is 0 Å². The predicted octanol–water partition coefficient (Wildman–Crippen LogP) is -3.07. The first-order valence-corrected chi connectivity index (χ1v) is 5.81. The van der Waals surface area contributed by atoms with Gasteiger partial charge in [-0.2, -0.15) is 0 Å². The van der Waals surface area contributed by atoms with Gasteiger partial charge in [0.1, 0.15) is 18.3 Å². The number of rotatable bonds is 5. The van der Waals surface area contributed by atoms with Gasteiger partial charge >= 0.3 is 5.97 Å². The second-order valence-electron chi connectivity index (χ2n) is 4.38. The summed E-state index contributed by atoms with van der Waals surface area (Å²) in [5.41, 5.74) is 0. The molecule has 1 heterocycles. The van der Waals surface area contributed by atoms with E-state index in [1.807, 2.05) is 0 Å². The van der Waals surface area contributed by atoms with E-state index in [4.69, 9.17) is 14.9 Å². The van der Waals surface area contributed by atoms with E-state index in [9.17, 15) is 24.9 Å². The summed E-state index contributed by atoms with van der Waals surface area (Å²) < 4.78 is 4.98. The molecule has 1 rings (SSSR count). The lowest BCUT2D eigenvalue weighted by Crippen LogP contribution is -2.59. The number of hydrogen-bond acceptors (Lipinski definition) is 7. The minimum Gasteiger partial charge on any atom is -0.478 e. The summed E-state index contributed by atoms with van der Waals surface area (Å²) in [5, 5.41) is 49.0. The van der Waals surface area contributed by atoms with Gasteiger partial charge in [0.25, 0.3) is 0 Å².